The van der Waals surface area contributed by atoms with E-state index in [0.29, 0.717) is 0 Å². The van der Waals surface area contributed by atoms with Gasteiger partial charge in [-0.2, -0.15) is 0 Å². The molecule has 20 heavy (non-hydrogen) atoms. The van der Waals surface area contributed by atoms with E-state index in [-0.39, 0.29) is 6.10 Å². The fourth-order valence-corrected chi connectivity index (χ4v) is 3.80. The average Bonchev–Trinajstić information content (AvgIpc) is 2.89. The molecule has 1 aliphatic heterocycles. The van der Waals surface area contributed by atoms with E-state index in [0.717, 1.165) is 44.7 Å². The summed E-state index contributed by atoms with van der Waals surface area (Å²) >= 11 is 1.73. The number of fused-ring (bicyclic) bond motifs is 1. The third kappa shape index (κ3) is 3.04. The fraction of sp³-hybridized carbons (Fsp3) is 0.500. The second-order valence-corrected chi connectivity index (χ2v) is 6.50. The first kappa shape index (κ1) is 14.0. The zero-order valence-corrected chi connectivity index (χ0v) is 12.7. The van der Waals surface area contributed by atoms with Crippen LogP contribution in [0, 0.1) is 6.92 Å². The largest absolute Gasteiger partial charge is 0.388 e. The van der Waals surface area contributed by atoms with Gasteiger partial charge in [-0.25, -0.2) is 0 Å². The normalized spacial score (nSPS) is 18.5. The molecule has 1 atom stereocenters. The topological polar surface area (TPSA) is 35.5 Å². The molecule has 2 heterocycles. The number of rotatable bonds is 4. The lowest BCUT2D eigenvalue weighted by Crippen LogP contribution is -2.44. The molecule has 0 spiro atoms. The summed E-state index contributed by atoms with van der Waals surface area (Å²) in [6.07, 6.45) is 0.472. The first-order valence-electron chi connectivity index (χ1n) is 7.33. The van der Waals surface area contributed by atoms with E-state index in [2.05, 4.69) is 40.7 Å². The molecule has 4 heteroatoms. The van der Waals surface area contributed by atoms with Crippen molar-refractivity contribution in [1.82, 2.24) is 10.2 Å². The van der Waals surface area contributed by atoms with E-state index < -0.39 is 0 Å². The number of nitrogens with zero attached hydrogens (tertiary/aromatic N) is 1. The Kier molecular flexibility index (Phi) is 4.36. The molecule has 1 aliphatic rings. The molecular formula is C16H22N2OS. The van der Waals surface area contributed by atoms with E-state index in [1.807, 2.05) is 0 Å². The third-order valence-electron chi connectivity index (χ3n) is 4.05. The molecule has 0 bridgehead atoms. The first-order valence-corrected chi connectivity index (χ1v) is 8.21. The van der Waals surface area contributed by atoms with Crippen LogP contribution in [0.25, 0.3) is 10.1 Å². The van der Waals surface area contributed by atoms with Gasteiger partial charge in [0.2, 0.25) is 0 Å². The van der Waals surface area contributed by atoms with Crippen molar-refractivity contribution in [2.24, 2.45) is 0 Å². The molecule has 108 valence electrons. The summed E-state index contributed by atoms with van der Waals surface area (Å²) in [5.74, 6) is 0. The number of nitrogens with one attached hydrogen (secondary N) is 1. The van der Waals surface area contributed by atoms with E-state index >= 15 is 0 Å². The maximum atomic E-state index is 10.5. The van der Waals surface area contributed by atoms with E-state index in [9.17, 15) is 5.11 Å². The smallest absolute Gasteiger partial charge is 0.0816 e. The first-order chi connectivity index (χ1) is 9.74. The van der Waals surface area contributed by atoms with Crippen LogP contribution in [0.1, 0.15) is 23.7 Å². The Morgan fingerprint density at radius 2 is 2.15 bits per heavy atom. The fourth-order valence-electron chi connectivity index (χ4n) is 2.82. The highest BCUT2D eigenvalue weighted by Gasteiger charge is 2.16. The predicted molar refractivity (Wildman–Crippen MR) is 85.4 cm³/mol. The maximum absolute atomic E-state index is 10.5. The Labute approximate surface area is 124 Å². The van der Waals surface area contributed by atoms with Crippen LogP contribution in [0.2, 0.25) is 0 Å². The number of hydrogen-bond donors (Lipinski definition) is 2. The molecule has 1 aromatic heterocycles. The van der Waals surface area contributed by atoms with Gasteiger partial charge in [0.1, 0.15) is 0 Å². The monoisotopic (exact) mass is 290 g/mol. The van der Waals surface area contributed by atoms with Crippen LogP contribution in [-0.4, -0.2) is 42.7 Å². The molecule has 0 radical (unpaired) electrons. The van der Waals surface area contributed by atoms with Gasteiger partial charge in [0.05, 0.1) is 6.10 Å². The lowest BCUT2D eigenvalue weighted by Gasteiger charge is -2.27. The second-order valence-electron chi connectivity index (χ2n) is 5.59. The summed E-state index contributed by atoms with van der Waals surface area (Å²) in [4.78, 5) is 2.43. The Balaban J connectivity index is 1.68. The molecule has 1 aromatic carbocycles. The second kappa shape index (κ2) is 6.22. The van der Waals surface area contributed by atoms with E-state index in [1.165, 1.54) is 15.6 Å². The van der Waals surface area contributed by atoms with Crippen molar-refractivity contribution in [3.63, 3.8) is 0 Å². The lowest BCUT2D eigenvalue weighted by molar-refractivity contribution is 0.138. The minimum atomic E-state index is -0.347. The number of aliphatic hydroxyl groups excluding tert-OH is 1. The van der Waals surface area contributed by atoms with Gasteiger partial charge in [-0.1, -0.05) is 17.7 Å². The molecule has 1 fully saturated rings. The number of aryl methyl sites for hydroxylation is 1. The highest BCUT2D eigenvalue weighted by Crippen LogP contribution is 2.32. The van der Waals surface area contributed by atoms with Gasteiger partial charge in [-0.3, -0.25) is 0 Å². The SMILES string of the molecule is Cc1ccc2scc(C(O)CCN3CCNCC3)c2c1. The van der Waals surface area contributed by atoms with Gasteiger partial charge >= 0.3 is 0 Å². The molecule has 0 amide bonds. The van der Waals surface area contributed by atoms with Crippen LogP contribution in [0.3, 0.4) is 0 Å². The van der Waals surface area contributed by atoms with Crippen LogP contribution in [-0.2, 0) is 0 Å². The van der Waals surface area contributed by atoms with Crippen LogP contribution in [0.15, 0.2) is 23.6 Å². The molecule has 0 aliphatic carbocycles. The van der Waals surface area contributed by atoms with Gasteiger partial charge in [-0.05, 0) is 35.7 Å². The number of aliphatic hydroxyl groups is 1. The van der Waals surface area contributed by atoms with Gasteiger partial charge in [-0.15, -0.1) is 11.3 Å². The van der Waals surface area contributed by atoms with Crippen LogP contribution in [0.5, 0.6) is 0 Å². The average molecular weight is 290 g/mol. The zero-order valence-electron chi connectivity index (χ0n) is 11.9. The maximum Gasteiger partial charge on any atom is 0.0816 e. The quantitative estimate of drug-likeness (QED) is 0.908. The molecule has 3 rings (SSSR count). The van der Waals surface area contributed by atoms with Crippen LogP contribution >= 0.6 is 11.3 Å². The summed E-state index contributed by atoms with van der Waals surface area (Å²) in [5.41, 5.74) is 2.36. The van der Waals surface area contributed by atoms with Crippen molar-refractivity contribution in [2.45, 2.75) is 19.4 Å². The number of hydrogen-bond acceptors (Lipinski definition) is 4. The van der Waals surface area contributed by atoms with Crippen molar-refractivity contribution in [3.8, 4) is 0 Å². The summed E-state index contributed by atoms with van der Waals surface area (Å²) in [5, 5.41) is 17.2. The number of benzene rings is 1. The Hall–Kier alpha value is -0.940. The Bertz CT molecular complexity index is 575. The molecule has 2 aromatic rings. The van der Waals surface area contributed by atoms with Crippen molar-refractivity contribution in [3.05, 3.63) is 34.7 Å². The Morgan fingerprint density at radius 3 is 2.95 bits per heavy atom. The molecule has 0 saturated carbocycles. The third-order valence-corrected chi connectivity index (χ3v) is 5.03. The van der Waals surface area contributed by atoms with E-state index in [4.69, 9.17) is 0 Å². The predicted octanol–water partition coefficient (Wildman–Crippen LogP) is 2.54. The Morgan fingerprint density at radius 1 is 1.35 bits per heavy atom. The van der Waals surface area contributed by atoms with Crippen LogP contribution in [0.4, 0.5) is 0 Å². The molecule has 1 unspecified atom stereocenters. The number of piperazine rings is 1. The molecule has 3 nitrogen and oxygen atoms in total. The summed E-state index contributed by atoms with van der Waals surface area (Å²) in [6, 6.07) is 6.48. The number of thiophene rings is 1. The zero-order chi connectivity index (χ0) is 13.9. The highest BCUT2D eigenvalue weighted by atomic mass is 32.1. The lowest BCUT2D eigenvalue weighted by atomic mass is 10.0. The molecule has 1 saturated heterocycles. The van der Waals surface area contributed by atoms with Crippen molar-refractivity contribution in [1.29, 1.82) is 0 Å². The van der Waals surface area contributed by atoms with Crippen molar-refractivity contribution < 1.29 is 5.11 Å². The summed E-state index contributed by atoms with van der Waals surface area (Å²) < 4.78 is 1.27. The van der Waals surface area contributed by atoms with Crippen molar-refractivity contribution in [2.75, 3.05) is 32.7 Å². The van der Waals surface area contributed by atoms with Gasteiger partial charge < -0.3 is 15.3 Å². The highest BCUT2D eigenvalue weighted by molar-refractivity contribution is 7.17. The van der Waals surface area contributed by atoms with Gasteiger partial charge in [0.15, 0.2) is 0 Å². The molecule has 2 N–H and O–H groups in total. The van der Waals surface area contributed by atoms with Crippen LogP contribution < -0.4 is 5.32 Å². The standard InChI is InChI=1S/C16H22N2OS/c1-12-2-3-16-13(10-12)14(11-20-16)15(19)4-7-18-8-5-17-6-9-18/h2-3,10-11,15,17,19H,4-9H2,1H3. The van der Waals surface area contributed by atoms with Gasteiger partial charge in [0, 0.05) is 37.4 Å². The summed E-state index contributed by atoms with van der Waals surface area (Å²) in [6.45, 7) is 7.40. The van der Waals surface area contributed by atoms with Crippen molar-refractivity contribution >= 4 is 21.4 Å². The minimum absolute atomic E-state index is 0.347. The van der Waals surface area contributed by atoms with Gasteiger partial charge in [0.25, 0.3) is 0 Å². The van der Waals surface area contributed by atoms with E-state index in [1.54, 1.807) is 11.3 Å². The minimum Gasteiger partial charge on any atom is -0.388 e. The molecular weight excluding hydrogens is 268 g/mol. The summed E-state index contributed by atoms with van der Waals surface area (Å²) in [7, 11) is 0.